The van der Waals surface area contributed by atoms with Gasteiger partial charge in [-0.2, -0.15) is 0 Å². The highest BCUT2D eigenvalue weighted by molar-refractivity contribution is 6.46. The number of carbonyl (C=O) groups is 2. The van der Waals surface area contributed by atoms with Gasteiger partial charge in [0.25, 0.3) is 11.7 Å². The van der Waals surface area contributed by atoms with Crippen molar-refractivity contribution in [3.05, 3.63) is 65.5 Å². The molecular weight excluding hydrogens is 382 g/mol. The third kappa shape index (κ3) is 4.52. The Labute approximate surface area is 176 Å². The van der Waals surface area contributed by atoms with E-state index in [1.807, 2.05) is 32.0 Å². The number of likely N-dealkylation sites (tertiary alicyclic amines) is 1. The fourth-order valence-corrected chi connectivity index (χ4v) is 3.58. The standard InChI is InChI=1S/C23H27N3O4/c1-4-30-18-10-8-16(9-11-18)21(27)19-20(17-7-5-12-24-15-17)26(23(29)22(19)28)14-6-13-25(2)3/h5,7-12,15,20,27H,4,6,13-14H2,1-3H3/b21-19-. The number of aliphatic hydroxyl groups excluding tert-OH is 1. The minimum atomic E-state index is -0.680. The van der Waals surface area contributed by atoms with E-state index in [4.69, 9.17) is 4.74 Å². The van der Waals surface area contributed by atoms with Crippen LogP contribution in [0, 0.1) is 0 Å². The van der Waals surface area contributed by atoms with Crippen molar-refractivity contribution >= 4 is 17.4 Å². The van der Waals surface area contributed by atoms with Gasteiger partial charge in [0.15, 0.2) is 0 Å². The number of amides is 1. The molecule has 0 aliphatic carbocycles. The van der Waals surface area contributed by atoms with Crippen LogP contribution in [-0.2, 0) is 9.59 Å². The lowest BCUT2D eigenvalue weighted by atomic mass is 9.96. The van der Waals surface area contributed by atoms with Crippen LogP contribution in [0.2, 0.25) is 0 Å². The number of hydrogen-bond acceptors (Lipinski definition) is 6. The Morgan fingerprint density at radius 3 is 2.53 bits per heavy atom. The van der Waals surface area contributed by atoms with E-state index in [9.17, 15) is 14.7 Å². The molecule has 3 rings (SSSR count). The molecule has 1 unspecified atom stereocenters. The van der Waals surface area contributed by atoms with E-state index in [2.05, 4.69) is 4.98 Å². The van der Waals surface area contributed by atoms with Gasteiger partial charge in [0.2, 0.25) is 0 Å². The Morgan fingerprint density at radius 2 is 1.93 bits per heavy atom. The minimum Gasteiger partial charge on any atom is -0.507 e. The molecule has 1 N–H and O–H groups in total. The third-order valence-electron chi connectivity index (χ3n) is 4.98. The van der Waals surface area contributed by atoms with Crippen molar-refractivity contribution in [2.75, 3.05) is 33.8 Å². The number of ketones is 1. The van der Waals surface area contributed by atoms with Crippen molar-refractivity contribution < 1.29 is 19.4 Å². The van der Waals surface area contributed by atoms with Crippen molar-refractivity contribution in [3.8, 4) is 5.75 Å². The zero-order chi connectivity index (χ0) is 21.7. The summed E-state index contributed by atoms with van der Waals surface area (Å²) in [5.74, 6) is -0.808. The predicted molar refractivity (Wildman–Crippen MR) is 114 cm³/mol. The largest absolute Gasteiger partial charge is 0.507 e. The fraction of sp³-hybridized carbons (Fsp3) is 0.348. The predicted octanol–water partition coefficient (Wildman–Crippen LogP) is 2.85. The SMILES string of the molecule is CCOc1ccc(/C(O)=C2/C(=O)C(=O)N(CCCN(C)C)C2c2cccnc2)cc1. The van der Waals surface area contributed by atoms with E-state index >= 15 is 0 Å². The number of Topliss-reactive ketones (excluding diaryl/α,β-unsaturated/α-hetero) is 1. The van der Waals surface area contributed by atoms with Gasteiger partial charge in [-0.25, -0.2) is 0 Å². The summed E-state index contributed by atoms with van der Waals surface area (Å²) < 4.78 is 5.44. The van der Waals surface area contributed by atoms with Crippen LogP contribution in [0.15, 0.2) is 54.4 Å². The summed E-state index contributed by atoms with van der Waals surface area (Å²) >= 11 is 0. The first kappa shape index (κ1) is 21.5. The minimum absolute atomic E-state index is 0.0852. The van der Waals surface area contributed by atoms with Crippen molar-refractivity contribution in [2.45, 2.75) is 19.4 Å². The summed E-state index contributed by atoms with van der Waals surface area (Å²) in [6.07, 6.45) is 3.97. The second-order valence-corrected chi connectivity index (χ2v) is 7.39. The highest BCUT2D eigenvalue weighted by atomic mass is 16.5. The van der Waals surface area contributed by atoms with Crippen molar-refractivity contribution in [1.29, 1.82) is 0 Å². The number of carbonyl (C=O) groups excluding carboxylic acids is 2. The number of rotatable bonds is 8. The molecule has 30 heavy (non-hydrogen) atoms. The lowest BCUT2D eigenvalue weighted by Crippen LogP contribution is -2.32. The second-order valence-electron chi connectivity index (χ2n) is 7.39. The molecule has 1 aliphatic rings. The topological polar surface area (TPSA) is 83.0 Å². The van der Waals surface area contributed by atoms with Crippen LogP contribution in [0.25, 0.3) is 5.76 Å². The lowest BCUT2D eigenvalue weighted by Gasteiger charge is -2.25. The number of ether oxygens (including phenoxy) is 1. The first-order chi connectivity index (χ1) is 14.4. The van der Waals surface area contributed by atoms with Gasteiger partial charge in [0.1, 0.15) is 11.5 Å². The molecule has 0 bridgehead atoms. The average Bonchev–Trinajstić information content (AvgIpc) is 2.99. The molecule has 7 heteroatoms. The molecular formula is C23H27N3O4. The maximum absolute atomic E-state index is 12.9. The van der Waals surface area contributed by atoms with E-state index in [1.54, 1.807) is 42.7 Å². The highest BCUT2D eigenvalue weighted by Gasteiger charge is 2.45. The average molecular weight is 409 g/mol. The maximum atomic E-state index is 12.9. The van der Waals surface area contributed by atoms with E-state index in [0.717, 1.165) is 6.54 Å². The Bertz CT molecular complexity index is 923. The van der Waals surface area contributed by atoms with Gasteiger partial charge in [-0.3, -0.25) is 14.6 Å². The van der Waals surface area contributed by atoms with Crippen molar-refractivity contribution in [2.24, 2.45) is 0 Å². The Balaban J connectivity index is 2.02. The van der Waals surface area contributed by atoms with Gasteiger partial charge in [0, 0.05) is 24.5 Å². The van der Waals surface area contributed by atoms with Crippen molar-refractivity contribution in [3.63, 3.8) is 0 Å². The Kier molecular flexibility index (Phi) is 6.84. The van der Waals surface area contributed by atoms with Gasteiger partial charge in [-0.05, 0) is 69.9 Å². The summed E-state index contributed by atoms with van der Waals surface area (Å²) in [5.41, 5.74) is 1.23. The number of aliphatic hydroxyl groups is 1. The molecule has 1 aromatic heterocycles. The summed E-state index contributed by atoms with van der Waals surface area (Å²) in [4.78, 5) is 33.4. The molecule has 0 spiro atoms. The Hall–Kier alpha value is -3.19. The van der Waals surface area contributed by atoms with Gasteiger partial charge in [-0.15, -0.1) is 0 Å². The molecule has 158 valence electrons. The monoisotopic (exact) mass is 409 g/mol. The third-order valence-corrected chi connectivity index (χ3v) is 4.98. The van der Waals surface area contributed by atoms with Gasteiger partial charge in [-0.1, -0.05) is 6.07 Å². The molecule has 1 atom stereocenters. The zero-order valence-corrected chi connectivity index (χ0v) is 17.5. The van der Waals surface area contributed by atoms with Gasteiger partial charge < -0.3 is 19.6 Å². The van der Waals surface area contributed by atoms with Crippen LogP contribution in [0.5, 0.6) is 5.75 Å². The summed E-state index contributed by atoms with van der Waals surface area (Å²) in [5, 5.41) is 11.0. The van der Waals surface area contributed by atoms with E-state index in [1.165, 1.54) is 4.90 Å². The first-order valence-corrected chi connectivity index (χ1v) is 10.00. The normalized spacial score (nSPS) is 18.3. The summed E-state index contributed by atoms with van der Waals surface area (Å²) in [7, 11) is 3.91. The number of aromatic nitrogens is 1. The molecule has 1 fully saturated rings. The molecule has 1 saturated heterocycles. The highest BCUT2D eigenvalue weighted by Crippen LogP contribution is 2.39. The smallest absolute Gasteiger partial charge is 0.295 e. The van der Waals surface area contributed by atoms with Crippen LogP contribution >= 0.6 is 0 Å². The molecule has 2 heterocycles. The van der Waals surface area contributed by atoms with Crippen LogP contribution in [0.3, 0.4) is 0 Å². The molecule has 0 radical (unpaired) electrons. The maximum Gasteiger partial charge on any atom is 0.295 e. The van der Waals surface area contributed by atoms with Gasteiger partial charge in [0.05, 0.1) is 18.2 Å². The number of benzene rings is 1. The number of pyridine rings is 1. The molecule has 0 saturated carbocycles. The van der Waals surface area contributed by atoms with Crippen LogP contribution in [0.1, 0.15) is 30.5 Å². The van der Waals surface area contributed by atoms with Crippen LogP contribution in [-0.4, -0.2) is 65.4 Å². The first-order valence-electron chi connectivity index (χ1n) is 10.00. The number of hydrogen-bond donors (Lipinski definition) is 1. The molecule has 1 amide bonds. The van der Waals surface area contributed by atoms with Crippen LogP contribution < -0.4 is 4.74 Å². The fourth-order valence-electron chi connectivity index (χ4n) is 3.58. The molecule has 7 nitrogen and oxygen atoms in total. The lowest BCUT2D eigenvalue weighted by molar-refractivity contribution is -0.139. The van der Waals surface area contributed by atoms with Crippen LogP contribution in [0.4, 0.5) is 0 Å². The number of nitrogens with zero attached hydrogens (tertiary/aromatic N) is 3. The summed E-state index contributed by atoms with van der Waals surface area (Å²) in [6.45, 7) is 3.61. The molecule has 1 aliphatic heterocycles. The summed E-state index contributed by atoms with van der Waals surface area (Å²) in [6, 6.07) is 9.71. The van der Waals surface area contributed by atoms with E-state index in [0.29, 0.717) is 36.4 Å². The van der Waals surface area contributed by atoms with Crippen molar-refractivity contribution in [1.82, 2.24) is 14.8 Å². The second kappa shape index (κ2) is 9.54. The zero-order valence-electron chi connectivity index (χ0n) is 17.5. The quantitative estimate of drug-likeness (QED) is 0.410. The molecule has 2 aromatic rings. The Morgan fingerprint density at radius 1 is 1.20 bits per heavy atom. The van der Waals surface area contributed by atoms with E-state index in [-0.39, 0.29) is 11.3 Å². The van der Waals surface area contributed by atoms with E-state index < -0.39 is 17.7 Å². The molecule has 1 aromatic carbocycles. The van der Waals surface area contributed by atoms with Gasteiger partial charge >= 0.3 is 0 Å².